The molecule has 144 valence electrons. The van der Waals surface area contributed by atoms with Gasteiger partial charge >= 0.3 is 0 Å². The number of aryl methyl sites for hydroxylation is 1. The first-order valence-corrected chi connectivity index (χ1v) is 10.8. The Bertz CT molecular complexity index is 938. The van der Waals surface area contributed by atoms with E-state index >= 15 is 0 Å². The molecular formula is C19H20Cl2N2O3S. The summed E-state index contributed by atoms with van der Waals surface area (Å²) in [5, 5.41) is 0.860. The van der Waals surface area contributed by atoms with Crippen LogP contribution in [0.2, 0.25) is 10.0 Å². The van der Waals surface area contributed by atoms with E-state index in [1.165, 1.54) is 4.31 Å². The van der Waals surface area contributed by atoms with Crippen LogP contribution in [-0.2, 0) is 21.2 Å². The number of hydrogen-bond donors (Lipinski definition) is 0. The van der Waals surface area contributed by atoms with Crippen molar-refractivity contribution in [3.05, 3.63) is 63.6 Å². The van der Waals surface area contributed by atoms with Crippen LogP contribution in [0, 0.1) is 6.92 Å². The van der Waals surface area contributed by atoms with Crippen molar-refractivity contribution in [3.8, 4) is 0 Å². The zero-order valence-corrected chi connectivity index (χ0v) is 17.2. The number of sulfonamides is 1. The lowest BCUT2D eigenvalue weighted by Gasteiger charge is -2.34. The third-order valence-electron chi connectivity index (χ3n) is 4.59. The van der Waals surface area contributed by atoms with E-state index in [0.29, 0.717) is 23.1 Å². The fourth-order valence-corrected chi connectivity index (χ4v) is 4.72. The molecule has 0 bridgehead atoms. The average Bonchev–Trinajstić information content (AvgIpc) is 2.65. The van der Waals surface area contributed by atoms with Crippen molar-refractivity contribution in [1.29, 1.82) is 0 Å². The lowest BCUT2D eigenvalue weighted by atomic mass is 10.1. The van der Waals surface area contributed by atoms with E-state index in [4.69, 9.17) is 23.2 Å². The van der Waals surface area contributed by atoms with Crippen LogP contribution >= 0.6 is 23.2 Å². The molecule has 1 aliphatic rings. The van der Waals surface area contributed by atoms with Crippen LogP contribution in [0.1, 0.15) is 11.1 Å². The number of amides is 1. The summed E-state index contributed by atoms with van der Waals surface area (Å²) >= 11 is 11.9. The number of carbonyl (C=O) groups is 1. The van der Waals surface area contributed by atoms with Crippen LogP contribution in [0.4, 0.5) is 0 Å². The first kappa shape index (κ1) is 20.1. The number of rotatable bonds is 4. The second-order valence-electron chi connectivity index (χ2n) is 6.52. The maximum atomic E-state index is 12.7. The Hall–Kier alpha value is -1.60. The van der Waals surface area contributed by atoms with Gasteiger partial charge in [0.05, 0.1) is 21.4 Å². The van der Waals surface area contributed by atoms with Gasteiger partial charge in [-0.25, -0.2) is 8.42 Å². The Morgan fingerprint density at radius 1 is 0.963 bits per heavy atom. The lowest BCUT2D eigenvalue weighted by molar-refractivity contribution is -0.131. The second-order valence-corrected chi connectivity index (χ2v) is 9.28. The largest absolute Gasteiger partial charge is 0.340 e. The lowest BCUT2D eigenvalue weighted by Crippen LogP contribution is -2.50. The van der Waals surface area contributed by atoms with Gasteiger partial charge in [-0.1, -0.05) is 47.0 Å². The van der Waals surface area contributed by atoms with Crippen molar-refractivity contribution >= 4 is 39.1 Å². The minimum Gasteiger partial charge on any atom is -0.340 e. The molecular weight excluding hydrogens is 407 g/mol. The molecule has 0 N–H and O–H groups in total. The van der Waals surface area contributed by atoms with E-state index in [0.717, 1.165) is 11.1 Å². The molecule has 1 heterocycles. The highest BCUT2D eigenvalue weighted by molar-refractivity contribution is 7.89. The molecule has 2 aromatic rings. The Morgan fingerprint density at radius 2 is 1.59 bits per heavy atom. The second kappa shape index (κ2) is 8.19. The number of nitrogens with zero attached hydrogens (tertiary/aromatic N) is 2. The van der Waals surface area contributed by atoms with Gasteiger partial charge in [-0.2, -0.15) is 4.31 Å². The molecule has 8 heteroatoms. The number of halogens is 2. The molecule has 0 atom stereocenters. The maximum Gasteiger partial charge on any atom is 0.243 e. The van der Waals surface area contributed by atoms with Gasteiger partial charge in [-0.3, -0.25) is 4.79 Å². The van der Waals surface area contributed by atoms with Gasteiger partial charge in [0.2, 0.25) is 15.9 Å². The molecule has 0 spiro atoms. The molecule has 3 rings (SSSR count). The predicted molar refractivity (Wildman–Crippen MR) is 107 cm³/mol. The molecule has 1 saturated heterocycles. The number of benzene rings is 2. The first-order valence-electron chi connectivity index (χ1n) is 8.56. The third-order valence-corrected chi connectivity index (χ3v) is 7.24. The van der Waals surface area contributed by atoms with E-state index in [1.807, 2.05) is 6.92 Å². The average molecular weight is 427 g/mol. The third kappa shape index (κ3) is 4.63. The summed E-state index contributed by atoms with van der Waals surface area (Å²) in [7, 11) is -3.53. The van der Waals surface area contributed by atoms with Gasteiger partial charge < -0.3 is 4.90 Å². The Labute approximate surface area is 169 Å². The summed E-state index contributed by atoms with van der Waals surface area (Å²) in [6.07, 6.45) is 0.210. The fraction of sp³-hybridized carbons (Fsp3) is 0.316. The molecule has 0 radical (unpaired) electrons. The van der Waals surface area contributed by atoms with Crippen LogP contribution in [0.15, 0.2) is 47.4 Å². The quantitative estimate of drug-likeness (QED) is 0.752. The minimum atomic E-state index is -3.53. The Kier molecular flexibility index (Phi) is 6.11. The highest BCUT2D eigenvalue weighted by Gasteiger charge is 2.30. The molecule has 27 heavy (non-hydrogen) atoms. The summed E-state index contributed by atoms with van der Waals surface area (Å²) in [5.41, 5.74) is 1.79. The standard InChI is InChI=1S/C19H20Cl2N2O3S/c1-14-2-5-16(6-3-14)27(25,26)23-10-8-22(9-11-23)19(24)13-15-4-7-17(20)18(21)12-15/h2-7,12H,8-11,13H2,1H3. The van der Waals surface area contributed by atoms with Crippen molar-refractivity contribution in [1.82, 2.24) is 9.21 Å². The minimum absolute atomic E-state index is 0.0548. The fourth-order valence-electron chi connectivity index (χ4n) is 2.97. The molecule has 0 aromatic heterocycles. The van der Waals surface area contributed by atoms with Crippen LogP contribution < -0.4 is 0 Å². The van der Waals surface area contributed by atoms with E-state index in [2.05, 4.69) is 0 Å². The topological polar surface area (TPSA) is 57.7 Å². The molecule has 1 amide bonds. The highest BCUT2D eigenvalue weighted by atomic mass is 35.5. The summed E-state index contributed by atoms with van der Waals surface area (Å²) in [5.74, 6) is -0.0548. The van der Waals surface area contributed by atoms with Gasteiger partial charge in [0.25, 0.3) is 0 Å². The summed E-state index contributed by atoms with van der Waals surface area (Å²) in [6.45, 7) is 3.21. The summed E-state index contributed by atoms with van der Waals surface area (Å²) in [6, 6.07) is 11.9. The zero-order valence-electron chi connectivity index (χ0n) is 14.9. The molecule has 5 nitrogen and oxygen atoms in total. The summed E-state index contributed by atoms with van der Waals surface area (Å²) < 4.78 is 26.9. The van der Waals surface area contributed by atoms with Gasteiger partial charge in [-0.15, -0.1) is 0 Å². The molecule has 2 aromatic carbocycles. The number of hydrogen-bond acceptors (Lipinski definition) is 3. The molecule has 0 saturated carbocycles. The number of piperazine rings is 1. The van der Waals surface area contributed by atoms with Crippen molar-refractivity contribution in [2.24, 2.45) is 0 Å². The first-order chi connectivity index (χ1) is 12.8. The van der Waals surface area contributed by atoms with Crippen LogP contribution in [0.25, 0.3) is 0 Å². The maximum absolute atomic E-state index is 12.7. The zero-order chi connectivity index (χ0) is 19.6. The SMILES string of the molecule is Cc1ccc(S(=O)(=O)N2CCN(C(=O)Cc3ccc(Cl)c(Cl)c3)CC2)cc1. The Morgan fingerprint density at radius 3 is 2.19 bits per heavy atom. The Balaban J connectivity index is 1.61. The molecule has 0 unspecified atom stereocenters. The van der Waals surface area contributed by atoms with E-state index < -0.39 is 10.0 Å². The summed E-state index contributed by atoms with van der Waals surface area (Å²) in [4.78, 5) is 14.5. The smallest absolute Gasteiger partial charge is 0.243 e. The van der Waals surface area contributed by atoms with Crippen molar-refractivity contribution < 1.29 is 13.2 Å². The van der Waals surface area contributed by atoms with E-state index in [1.54, 1.807) is 47.4 Å². The monoisotopic (exact) mass is 426 g/mol. The van der Waals surface area contributed by atoms with Crippen LogP contribution in [-0.4, -0.2) is 49.7 Å². The normalized spacial score (nSPS) is 15.7. The van der Waals surface area contributed by atoms with Crippen molar-refractivity contribution in [3.63, 3.8) is 0 Å². The van der Waals surface area contributed by atoms with E-state index in [-0.39, 0.29) is 30.3 Å². The van der Waals surface area contributed by atoms with Crippen molar-refractivity contribution in [2.75, 3.05) is 26.2 Å². The van der Waals surface area contributed by atoms with Gasteiger partial charge in [0.15, 0.2) is 0 Å². The van der Waals surface area contributed by atoms with Gasteiger partial charge in [-0.05, 0) is 36.8 Å². The van der Waals surface area contributed by atoms with Gasteiger partial charge in [0.1, 0.15) is 0 Å². The van der Waals surface area contributed by atoms with E-state index in [9.17, 15) is 13.2 Å². The molecule has 1 aliphatic heterocycles. The van der Waals surface area contributed by atoms with Crippen molar-refractivity contribution in [2.45, 2.75) is 18.2 Å². The molecule has 0 aliphatic carbocycles. The highest BCUT2D eigenvalue weighted by Crippen LogP contribution is 2.23. The van der Waals surface area contributed by atoms with Gasteiger partial charge in [0, 0.05) is 26.2 Å². The predicted octanol–water partition coefficient (Wildman–Crippen LogP) is 3.38. The molecule has 1 fully saturated rings. The van der Waals surface area contributed by atoms with Crippen LogP contribution in [0.5, 0.6) is 0 Å². The van der Waals surface area contributed by atoms with Crippen LogP contribution in [0.3, 0.4) is 0 Å². The number of carbonyl (C=O) groups excluding carboxylic acids is 1.